The third-order valence-electron chi connectivity index (χ3n) is 4.85. The Hall–Kier alpha value is -2.89. The van der Waals surface area contributed by atoms with Crippen molar-refractivity contribution in [3.63, 3.8) is 0 Å². The summed E-state index contributed by atoms with van der Waals surface area (Å²) in [5.41, 5.74) is 1.61. The highest BCUT2D eigenvalue weighted by Crippen LogP contribution is 2.17. The number of carbonyl (C=O) groups is 2. The Morgan fingerprint density at radius 2 is 1.63 bits per heavy atom. The van der Waals surface area contributed by atoms with Crippen molar-refractivity contribution < 1.29 is 18.7 Å². The number of methoxy groups -OCH3 is 1. The topological polar surface area (TPSA) is 58.6 Å². The van der Waals surface area contributed by atoms with Crippen LogP contribution in [0.1, 0.15) is 38.3 Å². The van der Waals surface area contributed by atoms with Gasteiger partial charge in [0, 0.05) is 13.1 Å². The normalized spacial score (nSPS) is 11.8. The molecule has 0 radical (unpaired) electrons. The molecule has 0 saturated carbocycles. The summed E-state index contributed by atoms with van der Waals surface area (Å²) in [4.78, 5) is 27.6. The maximum absolute atomic E-state index is 13.3. The summed E-state index contributed by atoms with van der Waals surface area (Å²) in [6.07, 6.45) is 0.651. The Balaban J connectivity index is 2.24. The Bertz CT molecular complexity index is 819. The summed E-state index contributed by atoms with van der Waals surface area (Å²) in [6, 6.07) is 12.7. The van der Waals surface area contributed by atoms with E-state index in [0.717, 1.165) is 11.1 Å². The van der Waals surface area contributed by atoms with E-state index in [-0.39, 0.29) is 30.6 Å². The summed E-state index contributed by atoms with van der Waals surface area (Å²) in [7, 11) is 1.59. The molecule has 0 fully saturated rings. The molecule has 1 unspecified atom stereocenters. The van der Waals surface area contributed by atoms with Crippen molar-refractivity contribution in [3.8, 4) is 5.75 Å². The molecule has 0 aliphatic rings. The second kappa shape index (κ2) is 11.3. The maximum atomic E-state index is 13.3. The zero-order chi connectivity index (χ0) is 22.1. The van der Waals surface area contributed by atoms with E-state index in [1.165, 1.54) is 12.1 Å². The Morgan fingerprint density at radius 3 is 2.17 bits per heavy atom. The van der Waals surface area contributed by atoms with Crippen LogP contribution in [0.3, 0.4) is 0 Å². The van der Waals surface area contributed by atoms with Crippen molar-refractivity contribution in [2.75, 3.05) is 13.7 Å². The fourth-order valence-corrected chi connectivity index (χ4v) is 3.15. The largest absolute Gasteiger partial charge is 0.497 e. The van der Waals surface area contributed by atoms with Gasteiger partial charge in [-0.1, -0.05) is 45.0 Å². The van der Waals surface area contributed by atoms with Crippen molar-refractivity contribution in [2.24, 2.45) is 5.92 Å². The number of nitrogens with one attached hydrogen (secondary N) is 1. The SMILES string of the molecule is CCC(C(=O)NCC(C)C)N(Cc1ccc(F)cc1)C(=O)Cc1ccc(OC)cc1. The second-order valence-electron chi connectivity index (χ2n) is 7.74. The first-order valence-electron chi connectivity index (χ1n) is 10.3. The number of ether oxygens (including phenoxy) is 1. The van der Waals surface area contributed by atoms with Crippen LogP contribution in [-0.2, 0) is 22.6 Å². The predicted octanol–water partition coefficient (Wildman–Crippen LogP) is 3.96. The van der Waals surface area contributed by atoms with E-state index in [2.05, 4.69) is 5.32 Å². The molecule has 2 amide bonds. The minimum absolute atomic E-state index is 0.156. The van der Waals surface area contributed by atoms with Crippen LogP contribution >= 0.6 is 0 Å². The molecular formula is C24H31FN2O3. The molecule has 162 valence electrons. The van der Waals surface area contributed by atoms with Gasteiger partial charge in [0.2, 0.25) is 11.8 Å². The van der Waals surface area contributed by atoms with Crippen LogP contribution in [0, 0.1) is 11.7 Å². The first kappa shape index (κ1) is 23.4. The molecule has 5 nitrogen and oxygen atoms in total. The molecule has 0 bridgehead atoms. The molecule has 0 saturated heterocycles. The summed E-state index contributed by atoms with van der Waals surface area (Å²) in [6.45, 7) is 6.71. The molecule has 2 rings (SSSR count). The fraction of sp³-hybridized carbons (Fsp3) is 0.417. The average molecular weight is 415 g/mol. The number of hydrogen-bond acceptors (Lipinski definition) is 3. The highest BCUT2D eigenvalue weighted by atomic mass is 19.1. The van der Waals surface area contributed by atoms with Crippen LogP contribution < -0.4 is 10.1 Å². The van der Waals surface area contributed by atoms with E-state index in [1.54, 1.807) is 36.3 Å². The minimum Gasteiger partial charge on any atom is -0.497 e. The fourth-order valence-electron chi connectivity index (χ4n) is 3.15. The lowest BCUT2D eigenvalue weighted by Crippen LogP contribution is -2.50. The smallest absolute Gasteiger partial charge is 0.242 e. The third-order valence-corrected chi connectivity index (χ3v) is 4.85. The molecule has 2 aromatic carbocycles. The van der Waals surface area contributed by atoms with Crippen molar-refractivity contribution in [2.45, 2.75) is 46.2 Å². The highest BCUT2D eigenvalue weighted by molar-refractivity contribution is 5.88. The van der Waals surface area contributed by atoms with Gasteiger partial charge in [-0.3, -0.25) is 9.59 Å². The number of rotatable bonds is 10. The molecule has 0 aromatic heterocycles. The lowest BCUT2D eigenvalue weighted by Gasteiger charge is -2.31. The Morgan fingerprint density at radius 1 is 1.03 bits per heavy atom. The second-order valence-corrected chi connectivity index (χ2v) is 7.74. The van der Waals surface area contributed by atoms with E-state index in [9.17, 15) is 14.0 Å². The molecule has 2 aromatic rings. The van der Waals surface area contributed by atoms with Gasteiger partial charge in [-0.15, -0.1) is 0 Å². The monoisotopic (exact) mass is 414 g/mol. The molecule has 1 atom stereocenters. The molecule has 1 N–H and O–H groups in total. The number of hydrogen-bond donors (Lipinski definition) is 1. The van der Waals surface area contributed by atoms with E-state index >= 15 is 0 Å². The van der Waals surface area contributed by atoms with Crippen molar-refractivity contribution in [1.82, 2.24) is 10.2 Å². The van der Waals surface area contributed by atoms with Crippen molar-refractivity contribution >= 4 is 11.8 Å². The van der Waals surface area contributed by atoms with Gasteiger partial charge in [0.05, 0.1) is 13.5 Å². The van der Waals surface area contributed by atoms with Gasteiger partial charge in [0.1, 0.15) is 17.6 Å². The lowest BCUT2D eigenvalue weighted by molar-refractivity contribution is -0.141. The first-order valence-corrected chi connectivity index (χ1v) is 10.3. The lowest BCUT2D eigenvalue weighted by atomic mass is 10.1. The van der Waals surface area contributed by atoms with E-state index in [4.69, 9.17) is 4.74 Å². The van der Waals surface area contributed by atoms with Crippen molar-refractivity contribution in [3.05, 3.63) is 65.5 Å². The van der Waals surface area contributed by atoms with Crippen LogP contribution in [0.4, 0.5) is 4.39 Å². The van der Waals surface area contributed by atoms with Crippen molar-refractivity contribution in [1.29, 1.82) is 0 Å². The number of amides is 2. The Labute approximate surface area is 178 Å². The van der Waals surface area contributed by atoms with Gasteiger partial charge in [0.25, 0.3) is 0 Å². The van der Waals surface area contributed by atoms with Gasteiger partial charge in [-0.2, -0.15) is 0 Å². The quantitative estimate of drug-likeness (QED) is 0.640. The van der Waals surface area contributed by atoms with E-state index in [0.29, 0.717) is 24.6 Å². The van der Waals surface area contributed by atoms with Gasteiger partial charge in [0.15, 0.2) is 0 Å². The average Bonchev–Trinajstić information content (AvgIpc) is 2.74. The number of nitrogens with zero attached hydrogens (tertiary/aromatic N) is 1. The minimum atomic E-state index is -0.598. The van der Waals surface area contributed by atoms with Gasteiger partial charge in [-0.05, 0) is 47.7 Å². The zero-order valence-corrected chi connectivity index (χ0v) is 18.2. The molecule has 0 aliphatic carbocycles. The number of carbonyl (C=O) groups excluding carboxylic acids is 2. The molecule has 0 spiro atoms. The van der Waals surface area contributed by atoms with Crippen LogP contribution in [-0.4, -0.2) is 36.4 Å². The molecule has 6 heteroatoms. The standard InChI is InChI=1S/C24H31FN2O3/c1-5-22(24(29)26-15-17(2)3)27(16-19-6-10-20(25)11-7-19)23(28)14-18-8-12-21(30-4)13-9-18/h6-13,17,22H,5,14-16H2,1-4H3,(H,26,29). The van der Waals surface area contributed by atoms with Gasteiger partial charge < -0.3 is 15.0 Å². The van der Waals surface area contributed by atoms with Gasteiger partial charge in [-0.25, -0.2) is 4.39 Å². The van der Waals surface area contributed by atoms with Crippen LogP contribution in [0.5, 0.6) is 5.75 Å². The van der Waals surface area contributed by atoms with Crippen LogP contribution in [0.15, 0.2) is 48.5 Å². The summed E-state index contributed by atoms with van der Waals surface area (Å²) >= 11 is 0. The predicted molar refractivity (Wildman–Crippen MR) is 116 cm³/mol. The third kappa shape index (κ3) is 6.87. The summed E-state index contributed by atoms with van der Waals surface area (Å²) in [5.74, 6) is 0.366. The highest BCUT2D eigenvalue weighted by Gasteiger charge is 2.28. The molecule has 0 heterocycles. The summed E-state index contributed by atoms with van der Waals surface area (Å²) < 4.78 is 18.5. The van der Waals surface area contributed by atoms with Gasteiger partial charge >= 0.3 is 0 Å². The zero-order valence-electron chi connectivity index (χ0n) is 18.2. The molecule has 30 heavy (non-hydrogen) atoms. The molecular weight excluding hydrogens is 383 g/mol. The number of benzene rings is 2. The Kier molecular flexibility index (Phi) is 8.84. The van der Waals surface area contributed by atoms with E-state index in [1.807, 2.05) is 32.9 Å². The molecule has 0 aliphatic heterocycles. The maximum Gasteiger partial charge on any atom is 0.242 e. The van der Waals surface area contributed by atoms with Crippen LogP contribution in [0.25, 0.3) is 0 Å². The number of halogens is 1. The van der Waals surface area contributed by atoms with E-state index < -0.39 is 6.04 Å². The first-order chi connectivity index (χ1) is 14.3. The van der Waals surface area contributed by atoms with Crippen LogP contribution in [0.2, 0.25) is 0 Å². The summed E-state index contributed by atoms with van der Waals surface area (Å²) in [5, 5.41) is 2.93.